The molecular weight excluding hydrogens is 329 g/mol. The minimum Gasteiger partial charge on any atom is -0.369 e. The Morgan fingerprint density at radius 2 is 2.00 bits per heavy atom. The second-order valence-corrected chi connectivity index (χ2v) is 5.95. The molecule has 0 spiro atoms. The van der Waals surface area contributed by atoms with Gasteiger partial charge in [0, 0.05) is 29.6 Å². The van der Waals surface area contributed by atoms with Crippen LogP contribution in [0.15, 0.2) is 42.6 Å². The minimum absolute atomic E-state index is 0.402. The van der Waals surface area contributed by atoms with Crippen LogP contribution < -0.4 is 5.32 Å². The van der Waals surface area contributed by atoms with Crippen LogP contribution in [0.3, 0.4) is 0 Å². The predicted octanol–water partition coefficient (Wildman–Crippen LogP) is 4.23. The number of halogens is 3. The third-order valence-electron chi connectivity index (χ3n) is 4.39. The zero-order valence-corrected chi connectivity index (χ0v) is 13.4. The SMILES string of the molecule is Cc1c2c(nn1-c1cccc(C(F)(F)F)c1)-c1cccnc1NCC2. The molecule has 0 bridgehead atoms. The topological polar surface area (TPSA) is 42.7 Å². The Balaban J connectivity index is 1.88. The number of pyridine rings is 1. The summed E-state index contributed by atoms with van der Waals surface area (Å²) < 4.78 is 40.6. The maximum absolute atomic E-state index is 13.0. The van der Waals surface area contributed by atoms with E-state index in [1.54, 1.807) is 16.9 Å². The van der Waals surface area contributed by atoms with E-state index in [1.807, 2.05) is 19.1 Å². The highest BCUT2D eigenvalue weighted by Crippen LogP contribution is 2.35. The van der Waals surface area contributed by atoms with Gasteiger partial charge < -0.3 is 5.32 Å². The van der Waals surface area contributed by atoms with Crippen molar-refractivity contribution in [3.05, 3.63) is 59.4 Å². The lowest BCUT2D eigenvalue weighted by molar-refractivity contribution is -0.137. The Morgan fingerprint density at radius 3 is 2.80 bits per heavy atom. The zero-order valence-electron chi connectivity index (χ0n) is 13.4. The van der Waals surface area contributed by atoms with Crippen molar-refractivity contribution in [2.24, 2.45) is 0 Å². The number of rotatable bonds is 1. The van der Waals surface area contributed by atoms with Crippen LogP contribution in [0, 0.1) is 6.92 Å². The van der Waals surface area contributed by atoms with Gasteiger partial charge in [-0.05, 0) is 43.7 Å². The summed E-state index contributed by atoms with van der Waals surface area (Å²) in [4.78, 5) is 4.33. The minimum atomic E-state index is -4.38. The molecule has 25 heavy (non-hydrogen) atoms. The molecule has 3 aromatic rings. The molecule has 128 valence electrons. The van der Waals surface area contributed by atoms with Crippen molar-refractivity contribution in [1.82, 2.24) is 14.8 Å². The average molecular weight is 344 g/mol. The Bertz CT molecular complexity index is 944. The second kappa shape index (κ2) is 5.61. The standard InChI is InChI=1S/C18H15F3N4/c1-11-14-7-9-23-17-15(6-3-8-22-17)16(14)24-25(11)13-5-2-4-12(10-13)18(19,20)21/h2-6,8,10H,7,9H2,1H3,(H,22,23). The number of hydrogen-bond donors (Lipinski definition) is 1. The summed E-state index contributed by atoms with van der Waals surface area (Å²) in [5.74, 6) is 0.745. The van der Waals surface area contributed by atoms with E-state index in [0.29, 0.717) is 12.2 Å². The first-order valence-corrected chi connectivity index (χ1v) is 7.90. The van der Waals surface area contributed by atoms with E-state index in [1.165, 1.54) is 6.07 Å². The molecule has 1 aliphatic heterocycles. The zero-order chi connectivity index (χ0) is 17.6. The highest BCUT2D eigenvalue weighted by molar-refractivity contribution is 5.76. The number of anilines is 1. The van der Waals surface area contributed by atoms with Crippen LogP contribution in [0.5, 0.6) is 0 Å². The van der Waals surface area contributed by atoms with E-state index in [4.69, 9.17) is 0 Å². The Labute approximate surface area is 142 Å². The summed E-state index contributed by atoms with van der Waals surface area (Å²) in [6, 6.07) is 8.98. The van der Waals surface area contributed by atoms with Crippen LogP contribution in [0.4, 0.5) is 19.0 Å². The summed E-state index contributed by atoms with van der Waals surface area (Å²) in [5.41, 5.74) is 3.22. The fourth-order valence-corrected chi connectivity index (χ4v) is 3.16. The highest BCUT2D eigenvalue weighted by Gasteiger charge is 2.31. The van der Waals surface area contributed by atoms with Crippen LogP contribution in [0.25, 0.3) is 16.9 Å². The summed E-state index contributed by atoms with van der Waals surface area (Å²) in [7, 11) is 0. The Kier molecular flexibility index (Phi) is 3.52. The molecule has 3 heterocycles. The summed E-state index contributed by atoms with van der Waals surface area (Å²) in [6.07, 6.45) is -1.95. The molecule has 0 unspecified atom stereocenters. The van der Waals surface area contributed by atoms with Gasteiger partial charge in [-0.15, -0.1) is 0 Å². The van der Waals surface area contributed by atoms with Crippen molar-refractivity contribution in [3.63, 3.8) is 0 Å². The molecule has 0 saturated heterocycles. The fraction of sp³-hybridized carbons (Fsp3) is 0.222. The van der Waals surface area contributed by atoms with Gasteiger partial charge >= 0.3 is 6.18 Å². The van der Waals surface area contributed by atoms with E-state index >= 15 is 0 Å². The molecular formula is C18H15F3N4. The summed E-state index contributed by atoms with van der Waals surface area (Å²) >= 11 is 0. The van der Waals surface area contributed by atoms with Crippen molar-refractivity contribution in [2.45, 2.75) is 19.5 Å². The first-order valence-electron chi connectivity index (χ1n) is 7.90. The van der Waals surface area contributed by atoms with Gasteiger partial charge in [0.05, 0.1) is 16.9 Å². The Morgan fingerprint density at radius 1 is 1.16 bits per heavy atom. The first kappa shape index (κ1) is 15.7. The Hall–Kier alpha value is -2.83. The monoisotopic (exact) mass is 344 g/mol. The van der Waals surface area contributed by atoms with Gasteiger partial charge in [0.25, 0.3) is 0 Å². The molecule has 0 atom stereocenters. The van der Waals surface area contributed by atoms with Gasteiger partial charge in [-0.1, -0.05) is 6.07 Å². The third kappa shape index (κ3) is 2.65. The molecule has 0 radical (unpaired) electrons. The number of hydrogen-bond acceptors (Lipinski definition) is 3. The van der Waals surface area contributed by atoms with Crippen molar-refractivity contribution in [2.75, 3.05) is 11.9 Å². The normalized spacial score (nSPS) is 13.6. The fourth-order valence-electron chi connectivity index (χ4n) is 3.16. The number of fused-ring (bicyclic) bond motifs is 3. The van der Waals surface area contributed by atoms with Crippen LogP contribution in [0.1, 0.15) is 16.8 Å². The molecule has 4 rings (SSSR count). The molecule has 1 aliphatic rings. The highest BCUT2D eigenvalue weighted by atomic mass is 19.4. The number of nitrogens with zero attached hydrogens (tertiary/aromatic N) is 3. The van der Waals surface area contributed by atoms with Gasteiger partial charge in [0.15, 0.2) is 0 Å². The van der Waals surface area contributed by atoms with Gasteiger partial charge in [0.2, 0.25) is 0 Å². The second-order valence-electron chi connectivity index (χ2n) is 5.95. The van der Waals surface area contributed by atoms with Crippen LogP contribution in [-0.2, 0) is 12.6 Å². The maximum atomic E-state index is 13.0. The number of nitrogens with one attached hydrogen (secondary N) is 1. The van der Waals surface area contributed by atoms with Gasteiger partial charge in [-0.25, -0.2) is 9.67 Å². The lowest BCUT2D eigenvalue weighted by Crippen LogP contribution is -2.08. The quantitative estimate of drug-likeness (QED) is 0.718. The summed E-state index contributed by atoms with van der Waals surface area (Å²) in [5, 5.41) is 7.88. The van der Waals surface area contributed by atoms with E-state index in [9.17, 15) is 13.2 Å². The van der Waals surface area contributed by atoms with Crippen LogP contribution >= 0.6 is 0 Å². The maximum Gasteiger partial charge on any atom is 0.416 e. The average Bonchev–Trinajstić information content (AvgIpc) is 2.81. The molecule has 7 heteroatoms. The van der Waals surface area contributed by atoms with Crippen molar-refractivity contribution < 1.29 is 13.2 Å². The molecule has 1 N–H and O–H groups in total. The van der Waals surface area contributed by atoms with E-state index in [-0.39, 0.29) is 0 Å². The van der Waals surface area contributed by atoms with Crippen LogP contribution in [0.2, 0.25) is 0 Å². The van der Waals surface area contributed by atoms with Crippen molar-refractivity contribution in [1.29, 1.82) is 0 Å². The van der Waals surface area contributed by atoms with Gasteiger partial charge in [0.1, 0.15) is 5.82 Å². The van der Waals surface area contributed by atoms with Crippen molar-refractivity contribution >= 4 is 5.82 Å². The number of benzene rings is 1. The molecule has 0 saturated carbocycles. The lowest BCUT2D eigenvalue weighted by Gasteiger charge is -2.10. The number of alkyl halides is 3. The van der Waals surface area contributed by atoms with E-state index < -0.39 is 11.7 Å². The molecule has 0 amide bonds. The van der Waals surface area contributed by atoms with E-state index in [2.05, 4.69) is 15.4 Å². The third-order valence-corrected chi connectivity index (χ3v) is 4.39. The molecule has 0 aliphatic carbocycles. The lowest BCUT2D eigenvalue weighted by atomic mass is 10.1. The summed E-state index contributed by atoms with van der Waals surface area (Å²) in [6.45, 7) is 2.58. The first-order chi connectivity index (χ1) is 11.9. The predicted molar refractivity (Wildman–Crippen MR) is 88.7 cm³/mol. The number of aromatic nitrogens is 3. The van der Waals surface area contributed by atoms with Gasteiger partial charge in [-0.2, -0.15) is 18.3 Å². The smallest absolute Gasteiger partial charge is 0.369 e. The molecule has 4 nitrogen and oxygen atoms in total. The largest absolute Gasteiger partial charge is 0.416 e. The van der Waals surface area contributed by atoms with Crippen molar-refractivity contribution in [3.8, 4) is 16.9 Å². The van der Waals surface area contributed by atoms with E-state index in [0.717, 1.165) is 46.9 Å². The van der Waals surface area contributed by atoms with Crippen LogP contribution in [-0.4, -0.2) is 21.3 Å². The molecule has 0 fully saturated rings. The van der Waals surface area contributed by atoms with Gasteiger partial charge in [-0.3, -0.25) is 0 Å². The molecule has 1 aromatic carbocycles. The molecule has 2 aromatic heterocycles.